The maximum absolute atomic E-state index is 12.6. The summed E-state index contributed by atoms with van der Waals surface area (Å²) < 4.78 is 12.5. The number of carboxylic acids is 1. The highest BCUT2D eigenvalue weighted by molar-refractivity contribution is 5.85. The van der Waals surface area contributed by atoms with Crippen LogP contribution in [0.15, 0.2) is 57.4 Å². The molecule has 7 rings (SSSR count). The number of benzene rings is 3. The van der Waals surface area contributed by atoms with Crippen LogP contribution < -0.4 is 0 Å². The average molecular weight is 645 g/mol. The second-order valence-electron chi connectivity index (χ2n) is 13.0. The first-order valence-electron chi connectivity index (χ1n) is 16.0. The predicted molar refractivity (Wildman–Crippen MR) is 178 cm³/mol. The lowest BCUT2D eigenvalue weighted by Gasteiger charge is -2.18. The molecule has 0 aliphatic carbocycles. The Balaban J connectivity index is 1.17. The van der Waals surface area contributed by atoms with Gasteiger partial charge in [0.1, 0.15) is 23.0 Å². The molecule has 11 heteroatoms. The molecule has 1 N–H and O–H groups in total. The molecule has 1 saturated heterocycles. The van der Waals surface area contributed by atoms with Crippen LogP contribution in [-0.4, -0.2) is 75.4 Å². The van der Waals surface area contributed by atoms with E-state index < -0.39 is 5.97 Å². The van der Waals surface area contributed by atoms with E-state index in [9.17, 15) is 20.0 Å². The van der Waals surface area contributed by atoms with E-state index in [4.69, 9.17) is 18.8 Å². The van der Waals surface area contributed by atoms with Crippen molar-refractivity contribution in [3.8, 4) is 40.1 Å². The monoisotopic (exact) mass is 644 g/mol. The lowest BCUT2D eigenvalue weighted by atomic mass is 9.91. The van der Waals surface area contributed by atoms with E-state index in [1.165, 1.54) is 0 Å². The zero-order chi connectivity index (χ0) is 33.7. The smallest absolute Gasteiger partial charge is 0.307 e. The van der Waals surface area contributed by atoms with Crippen LogP contribution in [0.4, 0.5) is 0 Å². The Morgan fingerprint density at radius 2 is 1.65 bits per heavy atom. The molecule has 0 unspecified atom stereocenters. The minimum atomic E-state index is -0.770. The lowest BCUT2D eigenvalue weighted by molar-refractivity contribution is -0.141. The zero-order valence-electron chi connectivity index (χ0n) is 27.4. The Morgan fingerprint density at radius 1 is 0.979 bits per heavy atom. The van der Waals surface area contributed by atoms with E-state index in [-0.39, 0.29) is 11.8 Å². The Kier molecular flexibility index (Phi) is 8.07. The van der Waals surface area contributed by atoms with Gasteiger partial charge in [0.15, 0.2) is 5.58 Å². The summed E-state index contributed by atoms with van der Waals surface area (Å²) >= 11 is 0. The number of nitriles is 1. The molecule has 11 nitrogen and oxygen atoms in total. The van der Waals surface area contributed by atoms with Gasteiger partial charge in [-0.3, -0.25) is 14.5 Å². The fraction of sp³-hybridized carbons (Fsp3) is 0.324. The molecular weight excluding hydrogens is 608 g/mol. The van der Waals surface area contributed by atoms with E-state index >= 15 is 0 Å². The van der Waals surface area contributed by atoms with Crippen LogP contribution in [-0.2, 0) is 29.2 Å². The van der Waals surface area contributed by atoms with E-state index in [1.54, 1.807) is 11.0 Å². The predicted octanol–water partition coefficient (Wildman–Crippen LogP) is 5.62. The summed E-state index contributed by atoms with van der Waals surface area (Å²) in [6.07, 6.45) is 0.618. The van der Waals surface area contributed by atoms with Gasteiger partial charge in [-0.1, -0.05) is 24.3 Å². The van der Waals surface area contributed by atoms with Gasteiger partial charge in [0.05, 0.1) is 31.1 Å². The lowest BCUT2D eigenvalue weighted by Crippen LogP contribution is -2.34. The summed E-state index contributed by atoms with van der Waals surface area (Å²) in [6.45, 7) is 7.01. The fourth-order valence-electron chi connectivity index (χ4n) is 6.84. The number of rotatable bonds is 8. The molecule has 4 heterocycles. The number of carbonyl (C=O) groups excluding carboxylic acids is 1. The Labute approximate surface area is 278 Å². The van der Waals surface area contributed by atoms with Crippen molar-refractivity contribution in [1.29, 1.82) is 5.26 Å². The number of likely N-dealkylation sites (N-methyl/N-ethyl adjacent to an activating group) is 1. The number of aromatic nitrogens is 2. The van der Waals surface area contributed by atoms with Gasteiger partial charge in [-0.25, -0.2) is 9.97 Å². The molecule has 0 saturated carbocycles. The highest BCUT2D eigenvalue weighted by Gasteiger charge is 2.30. The van der Waals surface area contributed by atoms with Gasteiger partial charge in [-0.15, -0.1) is 0 Å². The van der Waals surface area contributed by atoms with Gasteiger partial charge >= 0.3 is 5.97 Å². The van der Waals surface area contributed by atoms with Crippen molar-refractivity contribution in [2.45, 2.75) is 39.9 Å². The average Bonchev–Trinajstić information content (AvgIpc) is 3.84. The zero-order valence-corrected chi connectivity index (χ0v) is 27.4. The van der Waals surface area contributed by atoms with Crippen LogP contribution in [0.25, 0.3) is 45.1 Å². The molecule has 2 aliphatic heterocycles. The molecule has 1 amide bonds. The third-order valence-electron chi connectivity index (χ3n) is 9.37. The SMILES string of the molecule is Cc1c(-c2nc3c(o2)CN(C(=O)CN(C)C)C3)cccc1-c1cccc(-c2nc3cc(CN4CC[C@@H](C(=O)O)C4)cc(C#N)c3o2)c1C. The molecule has 48 heavy (non-hydrogen) atoms. The molecule has 0 radical (unpaired) electrons. The van der Waals surface area contributed by atoms with Crippen LogP contribution in [0.5, 0.6) is 0 Å². The van der Waals surface area contributed by atoms with E-state index in [2.05, 4.69) is 30.0 Å². The number of likely N-dealkylation sites (tertiary alicyclic amines) is 1. The second kappa shape index (κ2) is 12.4. The van der Waals surface area contributed by atoms with Crippen LogP contribution in [0.1, 0.15) is 40.1 Å². The highest BCUT2D eigenvalue weighted by Crippen LogP contribution is 2.39. The molecule has 0 spiro atoms. The molecule has 2 aliphatic rings. The topological polar surface area (TPSA) is 140 Å². The van der Waals surface area contributed by atoms with Crippen LogP contribution in [0.3, 0.4) is 0 Å². The minimum Gasteiger partial charge on any atom is -0.481 e. The first-order valence-corrected chi connectivity index (χ1v) is 16.0. The first-order chi connectivity index (χ1) is 23.1. The fourth-order valence-corrected chi connectivity index (χ4v) is 6.84. The third-order valence-corrected chi connectivity index (χ3v) is 9.37. The second-order valence-corrected chi connectivity index (χ2v) is 13.0. The van der Waals surface area contributed by atoms with Crippen LogP contribution in [0.2, 0.25) is 0 Å². The summed E-state index contributed by atoms with van der Waals surface area (Å²) in [5.41, 5.74) is 8.84. The van der Waals surface area contributed by atoms with Crippen molar-refractivity contribution >= 4 is 23.0 Å². The van der Waals surface area contributed by atoms with Gasteiger partial charge < -0.3 is 23.7 Å². The van der Waals surface area contributed by atoms with Crippen LogP contribution in [0, 0.1) is 31.1 Å². The highest BCUT2D eigenvalue weighted by atomic mass is 16.4. The van der Waals surface area contributed by atoms with E-state index in [0.717, 1.165) is 50.4 Å². The van der Waals surface area contributed by atoms with Crippen LogP contribution >= 0.6 is 0 Å². The molecule has 2 aromatic heterocycles. The quantitative estimate of drug-likeness (QED) is 0.227. The maximum Gasteiger partial charge on any atom is 0.307 e. The number of amides is 1. The molecule has 244 valence electrons. The molecule has 1 fully saturated rings. The van der Waals surface area contributed by atoms with Gasteiger partial charge in [-0.2, -0.15) is 5.26 Å². The summed E-state index contributed by atoms with van der Waals surface area (Å²) in [7, 11) is 3.75. The molecule has 5 aromatic rings. The van der Waals surface area contributed by atoms with E-state index in [0.29, 0.717) is 74.1 Å². The standard InChI is InChI=1S/C37H36N6O5/c1-21-26(7-5-9-28(21)35-40-31-18-43(19-32(31)47-35)33(44)20-41(3)4)27-8-6-10-29(22(27)2)36-39-30-14-23(13-25(15-38)34(30)48-36)16-42-12-11-24(17-42)37(45)46/h5-10,13-14,24H,11-12,16-20H2,1-4H3,(H,45,46)/t24-/m1/s1. The van der Waals surface area contributed by atoms with Crippen molar-refractivity contribution < 1.29 is 23.5 Å². The number of hydrogen-bond donors (Lipinski definition) is 1. The largest absolute Gasteiger partial charge is 0.481 e. The van der Waals surface area contributed by atoms with Gasteiger partial charge in [0.25, 0.3) is 0 Å². The van der Waals surface area contributed by atoms with Gasteiger partial charge in [0, 0.05) is 24.2 Å². The number of oxazole rings is 2. The Hall–Kier alpha value is -5.31. The summed E-state index contributed by atoms with van der Waals surface area (Å²) in [5.74, 6) is 0.601. The Bertz CT molecular complexity index is 2100. The molecular formula is C37H36N6O5. The van der Waals surface area contributed by atoms with Crippen molar-refractivity contribution in [2.24, 2.45) is 5.92 Å². The van der Waals surface area contributed by atoms with E-state index in [1.807, 2.05) is 56.3 Å². The normalized spacial score (nSPS) is 16.2. The van der Waals surface area contributed by atoms with Crippen molar-refractivity contribution in [3.63, 3.8) is 0 Å². The maximum atomic E-state index is 12.6. The molecule has 0 bridgehead atoms. The molecule has 1 atom stereocenters. The van der Waals surface area contributed by atoms with Crippen molar-refractivity contribution in [1.82, 2.24) is 24.7 Å². The van der Waals surface area contributed by atoms with Gasteiger partial charge in [0.2, 0.25) is 17.7 Å². The summed E-state index contributed by atoms with van der Waals surface area (Å²) in [6, 6.07) is 18.1. The number of aliphatic carboxylic acids is 1. The Morgan fingerprint density at radius 3 is 2.25 bits per heavy atom. The number of nitrogens with zero attached hydrogens (tertiary/aromatic N) is 6. The van der Waals surface area contributed by atoms with Gasteiger partial charge in [-0.05, 0) is 93.0 Å². The first kappa shape index (κ1) is 31.3. The summed E-state index contributed by atoms with van der Waals surface area (Å²) in [4.78, 5) is 39.3. The minimum absolute atomic E-state index is 0.0456. The number of carboxylic acid groups (broad SMARTS) is 1. The molecule has 3 aromatic carbocycles. The third kappa shape index (κ3) is 5.74. The number of hydrogen-bond acceptors (Lipinski definition) is 9. The van der Waals surface area contributed by atoms with Crippen molar-refractivity contribution in [2.75, 3.05) is 33.7 Å². The number of carbonyl (C=O) groups is 2. The summed E-state index contributed by atoms with van der Waals surface area (Å²) in [5, 5.41) is 19.3. The number of fused-ring (bicyclic) bond motifs is 2. The van der Waals surface area contributed by atoms with Crippen molar-refractivity contribution in [3.05, 3.63) is 82.2 Å².